The maximum atomic E-state index is 12.4. The first kappa shape index (κ1) is 22.9. The molecule has 5 nitrogen and oxygen atoms in total. The Kier molecular flexibility index (Phi) is 5.94. The van der Waals surface area contributed by atoms with Crippen molar-refractivity contribution in [3.05, 3.63) is 84.0 Å². The number of halogens is 4. The van der Waals surface area contributed by atoms with Crippen LogP contribution in [0.3, 0.4) is 0 Å². The van der Waals surface area contributed by atoms with E-state index in [1.165, 1.54) is 36.4 Å². The Bertz CT molecular complexity index is 1380. The molecule has 0 atom stereocenters. The van der Waals surface area contributed by atoms with Gasteiger partial charge in [0.25, 0.3) is 0 Å². The first-order valence-electron chi connectivity index (χ1n) is 9.52. The van der Waals surface area contributed by atoms with Gasteiger partial charge in [0.15, 0.2) is 9.84 Å². The Morgan fingerprint density at radius 2 is 1.45 bits per heavy atom. The van der Waals surface area contributed by atoms with E-state index in [0.29, 0.717) is 27.7 Å². The van der Waals surface area contributed by atoms with Gasteiger partial charge in [0, 0.05) is 34.3 Å². The van der Waals surface area contributed by atoms with E-state index in [0.717, 1.165) is 11.9 Å². The molecule has 0 bridgehead atoms. The Hall–Kier alpha value is -3.30. The van der Waals surface area contributed by atoms with Gasteiger partial charge in [0.2, 0.25) is 0 Å². The highest BCUT2D eigenvalue weighted by atomic mass is 35.5. The molecule has 0 amide bonds. The minimum atomic E-state index is -4.77. The molecule has 4 aromatic rings. The summed E-state index contributed by atoms with van der Waals surface area (Å²) >= 11 is 6.00. The second-order valence-corrected chi connectivity index (χ2v) is 9.62. The minimum Gasteiger partial charge on any atom is -0.406 e. The fourth-order valence-corrected chi connectivity index (χ4v) is 3.96. The summed E-state index contributed by atoms with van der Waals surface area (Å²) in [6, 6.07) is 18.7. The molecule has 4 rings (SSSR count). The van der Waals surface area contributed by atoms with Gasteiger partial charge in [-0.2, -0.15) is 0 Å². The number of hydrogen-bond acceptors (Lipinski definition) is 4. The van der Waals surface area contributed by atoms with Crippen LogP contribution in [0.5, 0.6) is 5.75 Å². The maximum absolute atomic E-state index is 12.4. The van der Waals surface area contributed by atoms with Crippen LogP contribution in [0.15, 0.2) is 83.9 Å². The molecule has 1 heterocycles. The van der Waals surface area contributed by atoms with Gasteiger partial charge >= 0.3 is 6.36 Å². The van der Waals surface area contributed by atoms with Crippen molar-refractivity contribution in [2.45, 2.75) is 11.3 Å². The fraction of sp³-hybridized carbons (Fsp3) is 0.0870. The molecule has 0 aliphatic carbocycles. The van der Waals surface area contributed by atoms with Crippen molar-refractivity contribution < 1.29 is 26.3 Å². The molecule has 0 aliphatic rings. The van der Waals surface area contributed by atoms with Crippen molar-refractivity contribution in [3.8, 4) is 34.1 Å². The van der Waals surface area contributed by atoms with Gasteiger partial charge in [0.1, 0.15) is 11.6 Å². The summed E-state index contributed by atoms with van der Waals surface area (Å²) in [6.45, 7) is 0. The summed E-state index contributed by atoms with van der Waals surface area (Å²) in [5, 5.41) is 0.554. The van der Waals surface area contributed by atoms with Gasteiger partial charge in [-0.15, -0.1) is 13.2 Å². The number of imidazole rings is 1. The number of aromatic nitrogens is 2. The Balaban J connectivity index is 1.78. The molecule has 0 unspecified atom stereocenters. The van der Waals surface area contributed by atoms with E-state index in [4.69, 9.17) is 11.6 Å². The Morgan fingerprint density at radius 3 is 2.00 bits per heavy atom. The van der Waals surface area contributed by atoms with Crippen LogP contribution < -0.4 is 4.74 Å². The van der Waals surface area contributed by atoms with Crippen LogP contribution in [-0.2, 0) is 9.84 Å². The highest BCUT2D eigenvalue weighted by molar-refractivity contribution is 7.90. The molecule has 3 aromatic carbocycles. The largest absolute Gasteiger partial charge is 0.573 e. The second kappa shape index (κ2) is 8.57. The molecule has 0 saturated carbocycles. The average molecular weight is 493 g/mol. The molecule has 0 spiro atoms. The third kappa shape index (κ3) is 5.37. The molecular weight excluding hydrogens is 477 g/mol. The standard InChI is InChI=1S/C23H16ClF3N2O3S/c1-33(30,31)20-12-4-16(5-13-20)22-28-21(14-29(22)18-8-6-17(24)7-9-18)15-2-10-19(11-3-15)32-23(25,26)27/h2-14H,1H3. The van der Waals surface area contributed by atoms with Crippen LogP contribution in [0, 0.1) is 0 Å². The first-order chi connectivity index (χ1) is 15.5. The SMILES string of the molecule is CS(=O)(=O)c1ccc(-c2nc(-c3ccc(OC(F)(F)F)cc3)cn2-c2ccc(Cl)cc2)cc1. The molecule has 0 N–H and O–H groups in total. The van der Waals surface area contributed by atoms with Crippen molar-refractivity contribution in [2.24, 2.45) is 0 Å². The number of nitrogens with zero attached hydrogens (tertiary/aromatic N) is 2. The van der Waals surface area contributed by atoms with Gasteiger partial charge in [-0.3, -0.25) is 4.57 Å². The molecule has 33 heavy (non-hydrogen) atoms. The number of ether oxygens (including phenoxy) is 1. The lowest BCUT2D eigenvalue weighted by Crippen LogP contribution is -2.16. The predicted octanol–water partition coefficient (Wildman–Crippen LogP) is 6.16. The first-order valence-corrected chi connectivity index (χ1v) is 11.8. The van der Waals surface area contributed by atoms with E-state index in [2.05, 4.69) is 9.72 Å². The molecule has 170 valence electrons. The molecular formula is C23H16ClF3N2O3S. The zero-order valence-electron chi connectivity index (χ0n) is 17.0. The predicted molar refractivity (Wildman–Crippen MR) is 119 cm³/mol. The summed E-state index contributed by atoms with van der Waals surface area (Å²) in [5.74, 6) is 0.183. The van der Waals surface area contributed by atoms with Crippen molar-refractivity contribution in [2.75, 3.05) is 6.26 Å². The third-order valence-electron chi connectivity index (χ3n) is 4.74. The Labute approximate surface area is 193 Å². The van der Waals surface area contributed by atoms with Crippen molar-refractivity contribution in [3.63, 3.8) is 0 Å². The molecule has 1 aromatic heterocycles. The van der Waals surface area contributed by atoms with Crippen molar-refractivity contribution in [1.82, 2.24) is 9.55 Å². The molecule has 0 radical (unpaired) electrons. The zero-order chi connectivity index (χ0) is 23.8. The van der Waals surface area contributed by atoms with Crippen LogP contribution in [0.2, 0.25) is 5.02 Å². The number of sulfone groups is 1. The topological polar surface area (TPSA) is 61.2 Å². The fourth-order valence-electron chi connectivity index (χ4n) is 3.20. The monoisotopic (exact) mass is 492 g/mol. The van der Waals surface area contributed by atoms with Gasteiger partial charge in [-0.1, -0.05) is 11.6 Å². The van der Waals surface area contributed by atoms with E-state index in [1.54, 1.807) is 47.2 Å². The number of rotatable bonds is 5. The maximum Gasteiger partial charge on any atom is 0.573 e. The van der Waals surface area contributed by atoms with Crippen LogP contribution in [0.4, 0.5) is 13.2 Å². The second-order valence-electron chi connectivity index (χ2n) is 7.16. The van der Waals surface area contributed by atoms with E-state index < -0.39 is 16.2 Å². The van der Waals surface area contributed by atoms with E-state index in [9.17, 15) is 21.6 Å². The smallest absolute Gasteiger partial charge is 0.406 e. The van der Waals surface area contributed by atoms with Crippen molar-refractivity contribution >= 4 is 21.4 Å². The van der Waals surface area contributed by atoms with Crippen molar-refractivity contribution in [1.29, 1.82) is 0 Å². The Morgan fingerprint density at radius 1 is 0.879 bits per heavy atom. The van der Waals surface area contributed by atoms with Gasteiger partial charge < -0.3 is 4.74 Å². The van der Waals surface area contributed by atoms with Gasteiger partial charge in [-0.25, -0.2) is 13.4 Å². The highest BCUT2D eigenvalue weighted by Gasteiger charge is 2.31. The van der Waals surface area contributed by atoms with Crippen LogP contribution in [0.25, 0.3) is 28.3 Å². The number of alkyl halides is 3. The van der Waals surface area contributed by atoms with E-state index >= 15 is 0 Å². The van der Waals surface area contributed by atoms with Gasteiger partial charge in [-0.05, 0) is 72.8 Å². The molecule has 0 saturated heterocycles. The molecule has 0 aliphatic heterocycles. The highest BCUT2D eigenvalue weighted by Crippen LogP contribution is 2.31. The summed E-state index contributed by atoms with van der Waals surface area (Å²) in [4.78, 5) is 4.84. The van der Waals surface area contributed by atoms with Crippen LogP contribution in [0.1, 0.15) is 0 Å². The van der Waals surface area contributed by atoms with E-state index in [1.807, 2.05) is 0 Å². The number of hydrogen-bond donors (Lipinski definition) is 0. The summed E-state index contributed by atoms with van der Waals surface area (Å²) in [7, 11) is -3.36. The van der Waals surface area contributed by atoms with Crippen LogP contribution in [-0.4, -0.2) is 30.6 Å². The molecule has 10 heteroatoms. The lowest BCUT2D eigenvalue weighted by molar-refractivity contribution is -0.274. The van der Waals surface area contributed by atoms with E-state index in [-0.39, 0.29) is 10.6 Å². The number of benzene rings is 3. The lowest BCUT2D eigenvalue weighted by Gasteiger charge is -2.08. The summed E-state index contributed by atoms with van der Waals surface area (Å²) < 4.78 is 66.6. The normalized spacial score (nSPS) is 12.0. The third-order valence-corrected chi connectivity index (χ3v) is 6.12. The minimum absolute atomic E-state index is 0.177. The summed E-state index contributed by atoms with van der Waals surface area (Å²) in [5.41, 5.74) is 2.48. The van der Waals surface area contributed by atoms with Crippen LogP contribution >= 0.6 is 11.6 Å². The quantitative estimate of drug-likeness (QED) is 0.334. The molecule has 0 fully saturated rings. The lowest BCUT2D eigenvalue weighted by atomic mass is 10.1. The average Bonchev–Trinajstić information content (AvgIpc) is 3.18. The zero-order valence-corrected chi connectivity index (χ0v) is 18.6. The van der Waals surface area contributed by atoms with Gasteiger partial charge in [0.05, 0.1) is 10.6 Å². The summed E-state index contributed by atoms with van der Waals surface area (Å²) in [6.07, 6.45) is -1.91.